The molecular formula is C14H11Cl2FN2S. The van der Waals surface area contributed by atoms with Gasteiger partial charge >= 0.3 is 0 Å². The van der Waals surface area contributed by atoms with Crippen molar-refractivity contribution in [3.05, 3.63) is 57.8 Å². The molecule has 0 aromatic heterocycles. The Kier molecular flexibility index (Phi) is 4.81. The summed E-state index contributed by atoms with van der Waals surface area (Å²) in [4.78, 5) is 0. The molecule has 0 aliphatic carbocycles. The molecule has 104 valence electrons. The van der Waals surface area contributed by atoms with Crippen molar-refractivity contribution < 1.29 is 4.39 Å². The van der Waals surface area contributed by atoms with E-state index in [9.17, 15) is 4.39 Å². The topological polar surface area (TPSA) is 24.1 Å². The first-order chi connectivity index (χ1) is 9.45. The predicted molar refractivity (Wildman–Crippen MR) is 87.4 cm³/mol. The molecule has 2 aromatic carbocycles. The molecule has 0 saturated carbocycles. The van der Waals surface area contributed by atoms with Crippen molar-refractivity contribution in [3.63, 3.8) is 0 Å². The molecule has 0 bridgehead atoms. The Bertz CT molecular complexity index is 662. The van der Waals surface area contributed by atoms with Gasteiger partial charge in [0.15, 0.2) is 5.11 Å². The molecule has 20 heavy (non-hydrogen) atoms. The highest BCUT2D eigenvalue weighted by Gasteiger charge is 2.05. The maximum Gasteiger partial charge on any atom is 0.175 e. The summed E-state index contributed by atoms with van der Waals surface area (Å²) in [6, 6.07) is 9.53. The van der Waals surface area contributed by atoms with E-state index >= 15 is 0 Å². The highest BCUT2D eigenvalue weighted by atomic mass is 35.5. The minimum Gasteiger partial charge on any atom is -0.332 e. The van der Waals surface area contributed by atoms with Crippen molar-refractivity contribution in [1.29, 1.82) is 0 Å². The van der Waals surface area contributed by atoms with Crippen molar-refractivity contribution in [3.8, 4) is 0 Å². The Balaban J connectivity index is 2.07. The zero-order valence-electron chi connectivity index (χ0n) is 10.5. The van der Waals surface area contributed by atoms with Gasteiger partial charge in [-0.3, -0.25) is 0 Å². The minimum absolute atomic E-state index is 0.265. The lowest BCUT2D eigenvalue weighted by Gasteiger charge is -2.12. The number of anilines is 2. The van der Waals surface area contributed by atoms with Crippen molar-refractivity contribution in [2.75, 3.05) is 10.6 Å². The third-order valence-corrected chi connectivity index (χ3v) is 3.54. The van der Waals surface area contributed by atoms with Gasteiger partial charge in [0.05, 0.1) is 10.7 Å². The van der Waals surface area contributed by atoms with E-state index in [1.165, 1.54) is 18.2 Å². The molecule has 0 saturated heterocycles. The largest absolute Gasteiger partial charge is 0.332 e. The molecule has 0 amide bonds. The van der Waals surface area contributed by atoms with Crippen LogP contribution in [0.1, 0.15) is 5.56 Å². The fourth-order valence-corrected chi connectivity index (χ4v) is 2.16. The van der Waals surface area contributed by atoms with E-state index in [4.69, 9.17) is 35.4 Å². The number of benzene rings is 2. The third-order valence-electron chi connectivity index (χ3n) is 2.60. The van der Waals surface area contributed by atoms with Gasteiger partial charge in [-0.2, -0.15) is 0 Å². The number of hydrogen-bond donors (Lipinski definition) is 2. The maximum atomic E-state index is 12.9. The second-order valence-corrected chi connectivity index (χ2v) is 5.39. The average molecular weight is 329 g/mol. The van der Waals surface area contributed by atoms with Crippen molar-refractivity contribution >= 4 is 51.9 Å². The molecule has 0 aliphatic rings. The minimum atomic E-state index is -0.396. The quantitative estimate of drug-likeness (QED) is 0.736. The molecule has 6 heteroatoms. The van der Waals surface area contributed by atoms with Crippen LogP contribution in [-0.2, 0) is 0 Å². The van der Waals surface area contributed by atoms with Crippen molar-refractivity contribution in [2.45, 2.75) is 6.92 Å². The molecule has 0 aliphatic heterocycles. The van der Waals surface area contributed by atoms with Crippen LogP contribution in [0.4, 0.5) is 15.8 Å². The summed E-state index contributed by atoms with van der Waals surface area (Å²) in [5.41, 5.74) is 2.29. The first-order valence-corrected chi connectivity index (χ1v) is 6.91. The van der Waals surface area contributed by atoms with Crippen LogP contribution in [0.5, 0.6) is 0 Å². The smallest absolute Gasteiger partial charge is 0.175 e. The number of halogens is 3. The number of nitrogens with one attached hydrogen (secondary N) is 2. The van der Waals surface area contributed by atoms with E-state index in [0.29, 0.717) is 15.8 Å². The Labute approximate surface area is 131 Å². The summed E-state index contributed by atoms with van der Waals surface area (Å²) < 4.78 is 12.9. The van der Waals surface area contributed by atoms with E-state index in [-0.39, 0.29) is 5.02 Å². The second-order valence-electron chi connectivity index (χ2n) is 4.17. The number of thiocarbonyl (C=S) groups is 1. The summed E-state index contributed by atoms with van der Waals surface area (Å²) in [7, 11) is 0. The Morgan fingerprint density at radius 3 is 2.45 bits per heavy atom. The summed E-state index contributed by atoms with van der Waals surface area (Å²) in [5, 5.41) is 7.24. The molecule has 0 radical (unpaired) electrons. The highest BCUT2D eigenvalue weighted by molar-refractivity contribution is 7.80. The highest BCUT2D eigenvalue weighted by Crippen LogP contribution is 2.23. The summed E-state index contributed by atoms with van der Waals surface area (Å²) >= 11 is 17.0. The van der Waals surface area contributed by atoms with Crippen LogP contribution in [0.15, 0.2) is 36.4 Å². The van der Waals surface area contributed by atoms with Crippen LogP contribution >= 0.6 is 35.4 Å². The normalized spacial score (nSPS) is 10.2. The lowest BCUT2D eigenvalue weighted by molar-refractivity contribution is 0.628. The Morgan fingerprint density at radius 2 is 1.80 bits per heavy atom. The van der Waals surface area contributed by atoms with Crippen LogP contribution in [-0.4, -0.2) is 5.11 Å². The van der Waals surface area contributed by atoms with Gasteiger partial charge in [0.2, 0.25) is 0 Å². The summed E-state index contributed by atoms with van der Waals surface area (Å²) in [6.07, 6.45) is 0. The van der Waals surface area contributed by atoms with E-state index in [2.05, 4.69) is 10.6 Å². The van der Waals surface area contributed by atoms with E-state index in [1.807, 2.05) is 19.1 Å². The van der Waals surface area contributed by atoms with Crippen molar-refractivity contribution in [2.24, 2.45) is 0 Å². The fourth-order valence-electron chi connectivity index (χ4n) is 1.60. The first-order valence-electron chi connectivity index (χ1n) is 5.75. The number of rotatable bonds is 2. The fraction of sp³-hybridized carbons (Fsp3) is 0.0714. The molecule has 0 unspecified atom stereocenters. The zero-order valence-corrected chi connectivity index (χ0v) is 12.8. The standard InChI is InChI=1S/C14H11Cl2FN2S/c1-8-6-10(3-4-11(8)15)18-14(20)19-13-5-2-9(17)7-12(13)16/h2-7H,1H3,(H2,18,19,20). The lowest BCUT2D eigenvalue weighted by Crippen LogP contribution is -2.19. The molecule has 0 atom stereocenters. The van der Waals surface area contributed by atoms with Crippen LogP contribution < -0.4 is 10.6 Å². The van der Waals surface area contributed by atoms with Gasteiger partial charge in [-0.15, -0.1) is 0 Å². The number of hydrogen-bond acceptors (Lipinski definition) is 1. The number of aryl methyl sites for hydroxylation is 1. The Hall–Kier alpha value is -1.36. The second kappa shape index (κ2) is 6.39. The van der Waals surface area contributed by atoms with E-state index < -0.39 is 5.82 Å². The van der Waals surface area contributed by atoms with Crippen LogP contribution in [0.3, 0.4) is 0 Å². The van der Waals surface area contributed by atoms with Crippen LogP contribution in [0, 0.1) is 12.7 Å². The van der Waals surface area contributed by atoms with Crippen molar-refractivity contribution in [1.82, 2.24) is 0 Å². The molecular weight excluding hydrogens is 318 g/mol. The van der Waals surface area contributed by atoms with Crippen LogP contribution in [0.2, 0.25) is 10.0 Å². The molecule has 0 spiro atoms. The predicted octanol–water partition coefficient (Wildman–Crippen LogP) is 5.25. The van der Waals surface area contributed by atoms with Gasteiger partial charge in [0.1, 0.15) is 5.82 Å². The molecule has 2 nitrogen and oxygen atoms in total. The SMILES string of the molecule is Cc1cc(NC(=S)Nc2ccc(F)cc2Cl)ccc1Cl. The monoisotopic (exact) mass is 328 g/mol. The molecule has 2 aromatic rings. The molecule has 0 fully saturated rings. The molecule has 2 N–H and O–H groups in total. The molecule has 0 heterocycles. The lowest BCUT2D eigenvalue weighted by atomic mass is 10.2. The van der Waals surface area contributed by atoms with Gasteiger partial charge in [0, 0.05) is 10.7 Å². The van der Waals surface area contributed by atoms with Gasteiger partial charge < -0.3 is 10.6 Å². The summed E-state index contributed by atoms with van der Waals surface area (Å²) in [6.45, 7) is 1.90. The molecule has 2 rings (SSSR count). The van der Waals surface area contributed by atoms with E-state index in [1.54, 1.807) is 6.07 Å². The van der Waals surface area contributed by atoms with E-state index in [0.717, 1.165) is 11.3 Å². The average Bonchev–Trinajstić information content (AvgIpc) is 2.37. The Morgan fingerprint density at radius 1 is 1.05 bits per heavy atom. The van der Waals surface area contributed by atoms with Gasteiger partial charge in [-0.25, -0.2) is 4.39 Å². The van der Waals surface area contributed by atoms with Gasteiger partial charge in [0.25, 0.3) is 0 Å². The van der Waals surface area contributed by atoms with Gasteiger partial charge in [-0.05, 0) is 61.1 Å². The first kappa shape index (κ1) is 15.0. The summed E-state index contributed by atoms with van der Waals surface area (Å²) in [5.74, 6) is -0.396. The maximum absolute atomic E-state index is 12.9. The van der Waals surface area contributed by atoms with Crippen LogP contribution in [0.25, 0.3) is 0 Å². The third kappa shape index (κ3) is 3.82. The zero-order chi connectivity index (χ0) is 14.7. The van der Waals surface area contributed by atoms with Gasteiger partial charge in [-0.1, -0.05) is 23.2 Å².